The van der Waals surface area contributed by atoms with Gasteiger partial charge in [-0.25, -0.2) is 0 Å². The van der Waals surface area contributed by atoms with Crippen LogP contribution in [0.1, 0.15) is 65.2 Å². The van der Waals surface area contributed by atoms with Crippen molar-refractivity contribution in [1.29, 1.82) is 0 Å². The predicted molar refractivity (Wildman–Crippen MR) is 137 cm³/mol. The molecule has 0 amide bonds. The molecule has 3 saturated carbocycles. The Morgan fingerprint density at radius 3 is 2.19 bits per heavy atom. The second-order valence-corrected chi connectivity index (χ2v) is 22.6. The SMILES string of the molecule is C=C(O[Si](C)(C)C)C1(O[Si](C)(C)C)CCC2C3CCC4CC=CCC4(C)C3CCC21C. The van der Waals surface area contributed by atoms with Gasteiger partial charge in [-0.3, -0.25) is 0 Å². The molecule has 0 aromatic rings. The van der Waals surface area contributed by atoms with Crippen LogP contribution < -0.4 is 0 Å². The minimum atomic E-state index is -1.78. The second kappa shape index (κ2) is 7.60. The molecule has 0 N–H and O–H groups in total. The van der Waals surface area contributed by atoms with Crippen molar-refractivity contribution in [3.8, 4) is 0 Å². The number of allylic oxidation sites excluding steroid dienone is 2. The first kappa shape index (κ1) is 23.8. The molecule has 0 aliphatic heterocycles. The average molecular weight is 461 g/mol. The van der Waals surface area contributed by atoms with E-state index in [9.17, 15) is 0 Å². The quantitative estimate of drug-likeness (QED) is 0.234. The summed E-state index contributed by atoms with van der Waals surface area (Å²) in [6.07, 6.45) is 15.4. The Labute approximate surface area is 194 Å². The number of rotatable bonds is 5. The average Bonchev–Trinajstić information content (AvgIpc) is 2.92. The zero-order valence-electron chi connectivity index (χ0n) is 21.6. The number of fused-ring (bicyclic) bond motifs is 5. The van der Waals surface area contributed by atoms with E-state index in [2.05, 4.69) is 71.9 Å². The Hall–Kier alpha value is -0.326. The van der Waals surface area contributed by atoms with E-state index in [-0.39, 0.29) is 11.0 Å². The topological polar surface area (TPSA) is 18.5 Å². The van der Waals surface area contributed by atoms with Gasteiger partial charge in [-0.05, 0) is 120 Å². The molecule has 7 atom stereocenters. The maximum atomic E-state index is 7.20. The first-order valence-corrected chi connectivity index (χ1v) is 19.8. The zero-order chi connectivity index (χ0) is 22.9. The minimum Gasteiger partial charge on any atom is -0.546 e. The summed E-state index contributed by atoms with van der Waals surface area (Å²) < 4.78 is 13.9. The fourth-order valence-electron chi connectivity index (χ4n) is 8.49. The summed E-state index contributed by atoms with van der Waals surface area (Å²) in [4.78, 5) is 0. The van der Waals surface area contributed by atoms with Gasteiger partial charge in [-0.15, -0.1) is 0 Å². The van der Waals surface area contributed by atoms with E-state index < -0.39 is 16.6 Å². The largest absolute Gasteiger partial charge is 0.546 e. The number of hydrogen-bond donors (Lipinski definition) is 0. The molecule has 3 fully saturated rings. The fourth-order valence-corrected chi connectivity index (χ4v) is 10.9. The van der Waals surface area contributed by atoms with Crippen molar-refractivity contribution >= 4 is 16.6 Å². The third kappa shape index (κ3) is 3.87. The van der Waals surface area contributed by atoms with Gasteiger partial charge in [-0.1, -0.05) is 32.6 Å². The molecule has 176 valence electrons. The maximum Gasteiger partial charge on any atom is 0.241 e. The summed E-state index contributed by atoms with van der Waals surface area (Å²) in [5.41, 5.74) is 0.367. The lowest BCUT2D eigenvalue weighted by molar-refractivity contribution is -0.133. The van der Waals surface area contributed by atoms with E-state index in [1.807, 2.05) is 0 Å². The van der Waals surface area contributed by atoms with Gasteiger partial charge in [-0.2, -0.15) is 0 Å². The highest BCUT2D eigenvalue weighted by molar-refractivity contribution is 6.70. The normalized spacial score (nSPS) is 44.9. The molecule has 0 radical (unpaired) electrons. The first-order chi connectivity index (χ1) is 14.2. The van der Waals surface area contributed by atoms with Crippen LogP contribution >= 0.6 is 0 Å². The monoisotopic (exact) mass is 460 g/mol. The highest BCUT2D eigenvalue weighted by Gasteiger charge is 2.67. The second-order valence-electron chi connectivity index (χ2n) is 13.7. The Kier molecular flexibility index (Phi) is 5.84. The van der Waals surface area contributed by atoms with E-state index in [0.717, 1.165) is 35.9 Å². The summed E-state index contributed by atoms with van der Waals surface area (Å²) in [7, 11) is -3.52. The van der Waals surface area contributed by atoms with Crippen LogP contribution in [0.2, 0.25) is 39.3 Å². The highest BCUT2D eigenvalue weighted by Crippen LogP contribution is 2.70. The van der Waals surface area contributed by atoms with Crippen molar-refractivity contribution in [2.24, 2.45) is 34.5 Å². The molecule has 0 saturated heterocycles. The molecular formula is C27H48O2Si2. The third-order valence-corrected chi connectivity index (χ3v) is 11.5. The van der Waals surface area contributed by atoms with Crippen LogP contribution in [0.4, 0.5) is 0 Å². The zero-order valence-corrected chi connectivity index (χ0v) is 23.6. The van der Waals surface area contributed by atoms with Crippen LogP contribution in [0.25, 0.3) is 0 Å². The van der Waals surface area contributed by atoms with Gasteiger partial charge in [0.1, 0.15) is 11.4 Å². The summed E-state index contributed by atoms with van der Waals surface area (Å²) in [6.45, 7) is 23.7. The van der Waals surface area contributed by atoms with Gasteiger partial charge in [0.15, 0.2) is 8.32 Å². The Morgan fingerprint density at radius 2 is 1.55 bits per heavy atom. The summed E-state index contributed by atoms with van der Waals surface area (Å²) in [5.74, 6) is 4.34. The van der Waals surface area contributed by atoms with Crippen LogP contribution in [0.5, 0.6) is 0 Å². The summed E-state index contributed by atoms with van der Waals surface area (Å²) >= 11 is 0. The Bertz CT molecular complexity index is 747. The molecule has 4 rings (SSSR count). The molecule has 0 aromatic carbocycles. The molecule has 31 heavy (non-hydrogen) atoms. The van der Waals surface area contributed by atoms with Crippen LogP contribution in [-0.4, -0.2) is 22.2 Å². The standard InChI is InChI=1S/C27H48O2Si2/c1-20(28-30(4,5)6)27(29-31(7,8)9)19-16-24-22-14-13-21-12-10-11-17-25(21,2)23(22)15-18-26(24,27)3/h10-11,21-24H,1,12-19H2,2-9H3. The van der Waals surface area contributed by atoms with Crippen molar-refractivity contribution < 1.29 is 8.85 Å². The molecule has 0 bridgehead atoms. The lowest BCUT2D eigenvalue weighted by Crippen LogP contribution is -2.59. The van der Waals surface area contributed by atoms with Crippen molar-refractivity contribution in [2.45, 2.75) is 110 Å². The molecule has 4 aliphatic rings. The van der Waals surface area contributed by atoms with Gasteiger partial charge >= 0.3 is 0 Å². The molecule has 7 unspecified atom stereocenters. The molecule has 0 aromatic heterocycles. The third-order valence-electron chi connectivity index (χ3n) is 9.69. The van der Waals surface area contributed by atoms with E-state index in [0.29, 0.717) is 5.41 Å². The summed E-state index contributed by atoms with van der Waals surface area (Å²) in [6, 6.07) is 0. The van der Waals surface area contributed by atoms with E-state index in [1.54, 1.807) is 0 Å². The van der Waals surface area contributed by atoms with E-state index in [4.69, 9.17) is 8.85 Å². The van der Waals surface area contributed by atoms with Gasteiger partial charge in [0, 0.05) is 5.41 Å². The predicted octanol–water partition coefficient (Wildman–Crippen LogP) is 8.15. The maximum absolute atomic E-state index is 7.20. The first-order valence-electron chi connectivity index (χ1n) is 13.0. The van der Waals surface area contributed by atoms with E-state index in [1.165, 1.54) is 44.9 Å². The van der Waals surface area contributed by atoms with Crippen molar-refractivity contribution in [2.75, 3.05) is 0 Å². The van der Waals surface area contributed by atoms with Crippen LogP contribution in [0.3, 0.4) is 0 Å². The Morgan fingerprint density at radius 1 is 0.871 bits per heavy atom. The lowest BCUT2D eigenvalue weighted by Gasteiger charge is -2.61. The fraction of sp³-hybridized carbons (Fsp3) is 0.852. The molecule has 4 heteroatoms. The van der Waals surface area contributed by atoms with Crippen molar-refractivity contribution in [3.05, 3.63) is 24.5 Å². The Balaban J connectivity index is 1.70. The molecule has 0 spiro atoms. The molecule has 2 nitrogen and oxygen atoms in total. The molecular weight excluding hydrogens is 412 g/mol. The van der Waals surface area contributed by atoms with E-state index >= 15 is 0 Å². The van der Waals surface area contributed by atoms with Crippen LogP contribution in [-0.2, 0) is 8.85 Å². The van der Waals surface area contributed by atoms with Gasteiger partial charge < -0.3 is 8.85 Å². The molecule has 4 aliphatic carbocycles. The molecule has 0 heterocycles. The van der Waals surface area contributed by atoms with Crippen LogP contribution in [0, 0.1) is 34.5 Å². The van der Waals surface area contributed by atoms with Crippen LogP contribution in [0.15, 0.2) is 24.5 Å². The van der Waals surface area contributed by atoms with Gasteiger partial charge in [0.05, 0.1) is 0 Å². The summed E-state index contributed by atoms with van der Waals surface area (Å²) in [5, 5.41) is 0. The number of hydrogen-bond acceptors (Lipinski definition) is 2. The van der Waals surface area contributed by atoms with Crippen molar-refractivity contribution in [3.63, 3.8) is 0 Å². The van der Waals surface area contributed by atoms with Gasteiger partial charge in [0.25, 0.3) is 0 Å². The minimum absolute atomic E-state index is 0.152. The smallest absolute Gasteiger partial charge is 0.241 e. The van der Waals surface area contributed by atoms with Crippen molar-refractivity contribution in [1.82, 2.24) is 0 Å². The highest BCUT2D eigenvalue weighted by atomic mass is 28.4. The lowest BCUT2D eigenvalue weighted by atomic mass is 9.45. The van der Waals surface area contributed by atoms with Gasteiger partial charge in [0.2, 0.25) is 8.32 Å².